The topological polar surface area (TPSA) is 55.8 Å². The van der Waals surface area contributed by atoms with Gasteiger partial charge in [-0.1, -0.05) is 30.3 Å². The first-order chi connectivity index (χ1) is 13.8. The van der Waals surface area contributed by atoms with Crippen LogP contribution in [0.5, 0.6) is 11.5 Å². The van der Waals surface area contributed by atoms with E-state index < -0.39 is 46.1 Å². The number of ether oxygens (including phenoxy) is 2. The van der Waals surface area contributed by atoms with Gasteiger partial charge >= 0.3 is 5.97 Å². The van der Waals surface area contributed by atoms with E-state index >= 15 is 0 Å². The number of carboxylic acids is 1. The van der Waals surface area contributed by atoms with E-state index in [-0.39, 0.29) is 28.2 Å². The molecule has 0 saturated carbocycles. The van der Waals surface area contributed by atoms with E-state index in [2.05, 4.69) is 0 Å². The fourth-order valence-electron chi connectivity index (χ4n) is 2.81. The number of carbonyl (C=O) groups is 1. The molecule has 1 aliphatic rings. The van der Waals surface area contributed by atoms with Crippen LogP contribution in [0.2, 0.25) is 5.02 Å². The fourth-order valence-corrected chi connectivity index (χ4v) is 4.30. The highest BCUT2D eigenvalue weighted by Gasteiger charge is 2.31. The number of hydrogen-bond acceptors (Lipinski definition) is 4. The number of hydrogen-bond donors (Lipinski definition) is 1. The van der Waals surface area contributed by atoms with Crippen molar-refractivity contribution >= 4 is 29.3 Å². The predicted octanol–water partition coefficient (Wildman–Crippen LogP) is 5.56. The van der Waals surface area contributed by atoms with Crippen molar-refractivity contribution in [1.29, 1.82) is 0 Å². The normalized spacial score (nSPS) is 12.5. The van der Waals surface area contributed by atoms with Gasteiger partial charge in [0.2, 0.25) is 6.79 Å². The molecule has 4 nitrogen and oxygen atoms in total. The minimum absolute atomic E-state index is 0.145. The van der Waals surface area contributed by atoms with E-state index in [0.717, 1.165) is 0 Å². The van der Waals surface area contributed by atoms with Crippen LogP contribution in [0, 0.1) is 29.7 Å². The Kier molecular flexibility index (Phi) is 6.48. The highest BCUT2D eigenvalue weighted by atomic mass is 35.5. The van der Waals surface area contributed by atoms with Crippen LogP contribution < -0.4 is 9.47 Å². The molecule has 0 spiro atoms. The number of fused-ring (bicyclic) bond motifs is 1. The first-order valence-corrected chi connectivity index (χ1v) is 9.58. The summed E-state index contributed by atoms with van der Waals surface area (Å²) < 4.78 is 68.3. The number of rotatable bonds is 7. The zero-order valence-corrected chi connectivity index (χ0v) is 16.5. The third kappa shape index (κ3) is 4.11. The van der Waals surface area contributed by atoms with Crippen LogP contribution in [0.25, 0.3) is 0 Å². The average Bonchev–Trinajstić information content (AvgIpc) is 3.14. The van der Waals surface area contributed by atoms with Crippen molar-refractivity contribution < 1.29 is 36.9 Å². The van der Waals surface area contributed by atoms with Gasteiger partial charge in [0.1, 0.15) is 0 Å². The highest BCUT2D eigenvalue weighted by molar-refractivity contribution is 7.99. The number of carboxylic acid groups (broad SMARTS) is 1. The minimum Gasteiger partial charge on any atom is -0.481 e. The molecule has 1 N–H and O–H groups in total. The number of benzene rings is 2. The van der Waals surface area contributed by atoms with Gasteiger partial charge in [0.25, 0.3) is 0 Å². The fraction of sp³-hybridized carbons (Fsp3) is 0.263. The second-order valence-electron chi connectivity index (χ2n) is 6.08. The molecule has 0 unspecified atom stereocenters. The smallest absolute Gasteiger partial charge is 0.308 e. The van der Waals surface area contributed by atoms with Crippen LogP contribution in [0.3, 0.4) is 0 Å². The molecule has 0 fully saturated rings. The first-order valence-electron chi connectivity index (χ1n) is 8.39. The maximum atomic E-state index is 14.6. The second kappa shape index (κ2) is 8.71. The van der Waals surface area contributed by atoms with Gasteiger partial charge in [-0.25, -0.2) is 17.6 Å². The lowest BCUT2D eigenvalue weighted by molar-refractivity contribution is -0.136. The van der Waals surface area contributed by atoms with E-state index in [4.69, 9.17) is 26.2 Å². The summed E-state index contributed by atoms with van der Waals surface area (Å²) in [4.78, 5) is 9.96. The molecule has 0 aromatic heterocycles. The van der Waals surface area contributed by atoms with E-state index in [1.165, 1.54) is 6.07 Å². The predicted molar refractivity (Wildman–Crippen MR) is 97.6 cm³/mol. The molecule has 0 aliphatic carbocycles. The molecule has 0 bridgehead atoms. The monoisotopic (exact) mass is 449 g/mol. The van der Waals surface area contributed by atoms with Crippen LogP contribution in [0.4, 0.5) is 17.6 Å². The Morgan fingerprint density at radius 3 is 2.38 bits per heavy atom. The number of aliphatic carboxylic acids is 1. The van der Waals surface area contributed by atoms with Crippen molar-refractivity contribution in [2.75, 3.05) is 6.79 Å². The number of halogens is 5. The van der Waals surface area contributed by atoms with Crippen LogP contribution in [0.1, 0.15) is 24.5 Å². The summed E-state index contributed by atoms with van der Waals surface area (Å²) >= 11 is 6.69. The minimum atomic E-state index is -1.76. The van der Waals surface area contributed by atoms with E-state index in [9.17, 15) is 22.4 Å². The van der Waals surface area contributed by atoms with Gasteiger partial charge in [0.15, 0.2) is 34.8 Å². The molecule has 1 aliphatic heterocycles. The van der Waals surface area contributed by atoms with E-state index in [1.54, 1.807) is 0 Å². The Balaban J connectivity index is 2.14. The van der Waals surface area contributed by atoms with E-state index in [0.29, 0.717) is 30.2 Å². The van der Waals surface area contributed by atoms with Gasteiger partial charge in [0.05, 0.1) is 16.2 Å². The van der Waals surface area contributed by atoms with Crippen molar-refractivity contribution in [2.24, 2.45) is 0 Å². The Hall–Kier alpha value is -2.13. The Bertz CT molecular complexity index is 955. The molecule has 0 amide bonds. The Morgan fingerprint density at radius 2 is 1.79 bits per heavy atom. The van der Waals surface area contributed by atoms with Gasteiger partial charge in [-0.05, 0) is 24.8 Å². The van der Waals surface area contributed by atoms with Crippen LogP contribution in [-0.2, 0) is 17.6 Å². The van der Waals surface area contributed by atoms with Crippen molar-refractivity contribution in [1.82, 2.24) is 0 Å². The van der Waals surface area contributed by atoms with Gasteiger partial charge in [-0.2, -0.15) is 0 Å². The molecular formula is C19H14ClF4O4S. The molecule has 2 aromatic carbocycles. The van der Waals surface area contributed by atoms with Gasteiger partial charge < -0.3 is 14.6 Å². The summed E-state index contributed by atoms with van der Waals surface area (Å²) in [6.07, 6.45) is 1.63. The third-order valence-corrected chi connectivity index (χ3v) is 5.73. The molecule has 2 aromatic rings. The summed E-state index contributed by atoms with van der Waals surface area (Å²) in [6.45, 7) is 1.67. The third-order valence-electron chi connectivity index (χ3n) is 4.20. The molecule has 10 heteroatoms. The van der Waals surface area contributed by atoms with Crippen molar-refractivity contribution in [3.05, 3.63) is 51.9 Å². The van der Waals surface area contributed by atoms with Gasteiger partial charge in [-0.15, -0.1) is 0 Å². The second-order valence-corrected chi connectivity index (χ2v) is 7.51. The lowest BCUT2D eigenvalue weighted by Crippen LogP contribution is -2.10. The van der Waals surface area contributed by atoms with Gasteiger partial charge in [-0.3, -0.25) is 4.79 Å². The molecule has 1 radical (unpaired) electrons. The van der Waals surface area contributed by atoms with Crippen molar-refractivity contribution in [2.45, 2.75) is 36.0 Å². The van der Waals surface area contributed by atoms with Crippen LogP contribution >= 0.6 is 23.4 Å². The maximum absolute atomic E-state index is 14.6. The zero-order chi connectivity index (χ0) is 21.3. The molecular weight excluding hydrogens is 436 g/mol. The van der Waals surface area contributed by atoms with Crippen LogP contribution in [0.15, 0.2) is 15.9 Å². The summed E-state index contributed by atoms with van der Waals surface area (Å²) in [5.74, 6) is -8.11. The lowest BCUT2D eigenvalue weighted by Gasteiger charge is -2.16. The molecule has 29 heavy (non-hydrogen) atoms. The number of unbranched alkanes of at least 4 members (excludes halogenated alkanes) is 1. The summed E-state index contributed by atoms with van der Waals surface area (Å²) in [5.41, 5.74) is -0.707. The van der Waals surface area contributed by atoms with Gasteiger partial charge in [0, 0.05) is 16.7 Å². The molecule has 155 valence electrons. The average molecular weight is 450 g/mol. The van der Waals surface area contributed by atoms with Crippen molar-refractivity contribution in [3.8, 4) is 11.5 Å². The molecule has 3 rings (SSSR count). The Labute approximate surface area is 172 Å². The first kappa shape index (κ1) is 21.6. The standard InChI is InChI=1S/C19H14ClF4O4S/c1-2-3-4-8-10(20)6-11-17(28-7-27-11)18(8)29-19-15(23)13(21)9(5-12(25)26)14(22)16(19)24/h2,6H,3-5,7H2,1H3,(H,25,26). The summed E-state index contributed by atoms with van der Waals surface area (Å²) in [7, 11) is 0. The van der Waals surface area contributed by atoms with E-state index in [1.807, 2.05) is 13.3 Å². The quantitative estimate of drug-likeness (QED) is 0.443. The summed E-state index contributed by atoms with van der Waals surface area (Å²) in [5, 5.41) is 8.98. The molecule has 0 saturated heterocycles. The van der Waals surface area contributed by atoms with Crippen LogP contribution in [-0.4, -0.2) is 17.9 Å². The maximum Gasteiger partial charge on any atom is 0.308 e. The molecule has 1 heterocycles. The SMILES string of the molecule is C[CH]CCc1c(Cl)cc2c(c1Sc1c(F)c(F)c(CC(=O)O)c(F)c1F)OCO2. The summed E-state index contributed by atoms with van der Waals surface area (Å²) in [6, 6.07) is 1.50. The lowest BCUT2D eigenvalue weighted by atomic mass is 10.1. The highest BCUT2D eigenvalue weighted by Crippen LogP contribution is 2.50. The zero-order valence-electron chi connectivity index (χ0n) is 15.0. The largest absolute Gasteiger partial charge is 0.481 e. The Morgan fingerprint density at radius 1 is 1.14 bits per heavy atom. The van der Waals surface area contributed by atoms with Crippen molar-refractivity contribution in [3.63, 3.8) is 0 Å². The molecule has 0 atom stereocenters.